The molecule has 0 radical (unpaired) electrons. The quantitative estimate of drug-likeness (QED) is 0.758. The van der Waals surface area contributed by atoms with Crippen molar-refractivity contribution in [3.8, 4) is 5.75 Å². The van der Waals surface area contributed by atoms with Gasteiger partial charge in [-0.15, -0.1) is 0 Å². The zero-order valence-corrected chi connectivity index (χ0v) is 13.6. The molecule has 0 heterocycles. The molecule has 2 aromatic rings. The second-order valence-corrected chi connectivity index (χ2v) is 5.31. The number of benzene rings is 2. The fourth-order valence-corrected chi connectivity index (χ4v) is 2.19. The van der Waals surface area contributed by atoms with Gasteiger partial charge in [0.05, 0.1) is 7.11 Å². The minimum absolute atomic E-state index is 0.124. The molecule has 0 unspecified atom stereocenters. The predicted molar refractivity (Wildman–Crippen MR) is 91.7 cm³/mol. The molecule has 2 N–H and O–H groups in total. The summed E-state index contributed by atoms with van der Waals surface area (Å²) in [5.41, 5.74) is 0.992. The fraction of sp³-hybridized carbons (Fsp3) is 0.158. The van der Waals surface area contributed by atoms with Crippen LogP contribution in [0.3, 0.4) is 0 Å². The van der Waals surface area contributed by atoms with E-state index in [1.54, 1.807) is 36.4 Å². The Bertz CT molecular complexity index is 771. The largest absolute Gasteiger partial charge is 0.497 e. The highest BCUT2D eigenvalue weighted by atomic mass is 19.1. The Morgan fingerprint density at radius 1 is 1.20 bits per heavy atom. The lowest BCUT2D eigenvalue weighted by Crippen LogP contribution is -2.41. The second kappa shape index (κ2) is 8.63. The maximum atomic E-state index is 13.5. The standard InChI is InChI=1S/C19H18FNO4/c1-25-15-9-6-13(7-10-15)12-17(19(23)24)21-18(22)11-8-14-4-2-3-5-16(14)20/h2-11,17H,12H2,1H3,(H,21,22)(H,23,24)/t17-/m0/s1. The van der Waals surface area contributed by atoms with Gasteiger partial charge in [-0.3, -0.25) is 4.79 Å². The van der Waals surface area contributed by atoms with Crippen molar-refractivity contribution < 1.29 is 23.8 Å². The number of methoxy groups -OCH3 is 1. The number of carbonyl (C=O) groups is 2. The summed E-state index contributed by atoms with van der Waals surface area (Å²) in [5, 5.41) is 11.7. The molecule has 0 aliphatic rings. The minimum Gasteiger partial charge on any atom is -0.497 e. The Morgan fingerprint density at radius 2 is 1.88 bits per heavy atom. The molecule has 0 aromatic heterocycles. The highest BCUT2D eigenvalue weighted by Crippen LogP contribution is 2.13. The first-order valence-corrected chi connectivity index (χ1v) is 7.58. The molecule has 130 valence electrons. The zero-order valence-electron chi connectivity index (χ0n) is 13.6. The summed E-state index contributed by atoms with van der Waals surface area (Å²) in [6.45, 7) is 0. The average molecular weight is 343 g/mol. The van der Waals surface area contributed by atoms with Crippen molar-refractivity contribution in [2.24, 2.45) is 0 Å². The summed E-state index contributed by atoms with van der Waals surface area (Å²) in [6.07, 6.45) is 2.54. The lowest BCUT2D eigenvalue weighted by molar-refractivity contribution is -0.141. The maximum Gasteiger partial charge on any atom is 0.326 e. The van der Waals surface area contributed by atoms with E-state index in [0.29, 0.717) is 5.75 Å². The van der Waals surface area contributed by atoms with Crippen molar-refractivity contribution in [2.45, 2.75) is 12.5 Å². The van der Waals surface area contributed by atoms with Crippen LogP contribution in [0.5, 0.6) is 5.75 Å². The van der Waals surface area contributed by atoms with Gasteiger partial charge >= 0.3 is 5.97 Å². The smallest absolute Gasteiger partial charge is 0.326 e. The van der Waals surface area contributed by atoms with Crippen LogP contribution in [-0.2, 0) is 16.0 Å². The van der Waals surface area contributed by atoms with Crippen LogP contribution in [0.2, 0.25) is 0 Å². The second-order valence-electron chi connectivity index (χ2n) is 5.31. The number of nitrogens with one attached hydrogen (secondary N) is 1. The van der Waals surface area contributed by atoms with E-state index in [-0.39, 0.29) is 12.0 Å². The van der Waals surface area contributed by atoms with Crippen molar-refractivity contribution in [2.75, 3.05) is 7.11 Å². The van der Waals surface area contributed by atoms with Crippen molar-refractivity contribution >= 4 is 18.0 Å². The predicted octanol–water partition coefficient (Wildman–Crippen LogP) is 2.66. The van der Waals surface area contributed by atoms with Crippen molar-refractivity contribution in [3.05, 3.63) is 71.6 Å². The maximum absolute atomic E-state index is 13.5. The SMILES string of the molecule is COc1ccc(C[C@H](NC(=O)C=Cc2ccccc2F)C(=O)O)cc1. The first-order chi connectivity index (χ1) is 12.0. The molecule has 6 heteroatoms. The van der Waals surface area contributed by atoms with Gasteiger partial charge < -0.3 is 15.2 Å². The molecule has 0 aliphatic carbocycles. The number of halogens is 1. The van der Waals surface area contributed by atoms with Gasteiger partial charge in [0, 0.05) is 18.1 Å². The molecule has 25 heavy (non-hydrogen) atoms. The normalized spacial score (nSPS) is 11.9. The van der Waals surface area contributed by atoms with Crippen molar-refractivity contribution in [1.29, 1.82) is 0 Å². The van der Waals surface area contributed by atoms with Crippen LogP contribution in [0.4, 0.5) is 4.39 Å². The molecule has 0 fully saturated rings. The molecule has 0 spiro atoms. The molecule has 1 amide bonds. The Hall–Kier alpha value is -3.15. The minimum atomic E-state index is -1.15. The molecule has 0 saturated carbocycles. The van der Waals surface area contributed by atoms with E-state index in [2.05, 4.69) is 5.32 Å². The summed E-state index contributed by atoms with van der Waals surface area (Å²) in [7, 11) is 1.54. The van der Waals surface area contributed by atoms with Gasteiger partial charge in [-0.2, -0.15) is 0 Å². The molecule has 2 rings (SSSR count). The first-order valence-electron chi connectivity index (χ1n) is 7.58. The number of aliphatic carboxylic acids is 1. The number of ether oxygens (including phenoxy) is 1. The van der Waals surface area contributed by atoms with Crippen LogP contribution in [0, 0.1) is 5.82 Å². The first kappa shape index (κ1) is 18.2. The van der Waals surface area contributed by atoms with Crippen LogP contribution in [0.15, 0.2) is 54.6 Å². The lowest BCUT2D eigenvalue weighted by atomic mass is 10.1. The molecular weight excluding hydrogens is 325 g/mol. The zero-order chi connectivity index (χ0) is 18.2. The van der Waals surface area contributed by atoms with Crippen LogP contribution in [-0.4, -0.2) is 30.1 Å². The number of carboxylic acids is 1. The van der Waals surface area contributed by atoms with E-state index in [4.69, 9.17) is 4.74 Å². The van der Waals surface area contributed by atoms with Crippen molar-refractivity contribution in [3.63, 3.8) is 0 Å². The van der Waals surface area contributed by atoms with Crippen molar-refractivity contribution in [1.82, 2.24) is 5.32 Å². The summed E-state index contributed by atoms with van der Waals surface area (Å²) >= 11 is 0. The molecule has 5 nitrogen and oxygen atoms in total. The summed E-state index contributed by atoms with van der Waals surface area (Å²) in [5.74, 6) is -1.56. The highest BCUT2D eigenvalue weighted by molar-refractivity contribution is 5.94. The molecule has 0 saturated heterocycles. The Labute approximate surface area is 144 Å². The number of hydrogen-bond acceptors (Lipinski definition) is 3. The molecular formula is C19H18FNO4. The van der Waals surface area contributed by atoms with Gasteiger partial charge in [-0.05, 0) is 29.8 Å². The van der Waals surface area contributed by atoms with Gasteiger partial charge in [0.25, 0.3) is 0 Å². The summed E-state index contributed by atoms with van der Waals surface area (Å²) in [4.78, 5) is 23.3. The number of amides is 1. The summed E-state index contributed by atoms with van der Waals surface area (Å²) < 4.78 is 18.5. The number of carboxylic acid groups (broad SMARTS) is 1. The molecule has 0 bridgehead atoms. The van der Waals surface area contributed by atoms with Gasteiger partial charge in [0.15, 0.2) is 0 Å². The molecule has 2 aromatic carbocycles. The van der Waals surface area contributed by atoms with Gasteiger partial charge in [-0.25, -0.2) is 9.18 Å². The average Bonchev–Trinajstić information content (AvgIpc) is 2.61. The fourth-order valence-electron chi connectivity index (χ4n) is 2.19. The van der Waals surface area contributed by atoms with E-state index < -0.39 is 23.7 Å². The van der Waals surface area contributed by atoms with Crippen LogP contribution < -0.4 is 10.1 Å². The van der Waals surface area contributed by atoms with Gasteiger partial charge in [-0.1, -0.05) is 30.3 Å². The lowest BCUT2D eigenvalue weighted by Gasteiger charge is -2.13. The number of carbonyl (C=O) groups excluding carboxylic acids is 1. The summed E-state index contributed by atoms with van der Waals surface area (Å²) in [6, 6.07) is 11.8. The van der Waals surface area contributed by atoms with Crippen LogP contribution in [0.25, 0.3) is 6.08 Å². The third-order valence-electron chi connectivity index (χ3n) is 3.53. The Kier molecular flexibility index (Phi) is 6.28. The van der Waals surface area contributed by atoms with E-state index in [1.807, 2.05) is 0 Å². The van der Waals surface area contributed by atoms with Gasteiger partial charge in [0.1, 0.15) is 17.6 Å². The third-order valence-corrected chi connectivity index (χ3v) is 3.53. The topological polar surface area (TPSA) is 75.6 Å². The molecule has 0 aliphatic heterocycles. The third kappa shape index (κ3) is 5.46. The van der Waals surface area contributed by atoms with Crippen LogP contribution >= 0.6 is 0 Å². The molecule has 1 atom stereocenters. The highest BCUT2D eigenvalue weighted by Gasteiger charge is 2.19. The Morgan fingerprint density at radius 3 is 2.48 bits per heavy atom. The monoisotopic (exact) mass is 343 g/mol. The van der Waals surface area contributed by atoms with E-state index in [9.17, 15) is 19.1 Å². The number of rotatable bonds is 7. The van der Waals surface area contributed by atoms with Gasteiger partial charge in [0.2, 0.25) is 5.91 Å². The number of hydrogen-bond donors (Lipinski definition) is 2. The Balaban J connectivity index is 2.01. The van der Waals surface area contributed by atoms with E-state index >= 15 is 0 Å². The van der Waals surface area contributed by atoms with E-state index in [1.165, 1.54) is 25.3 Å². The van der Waals surface area contributed by atoms with E-state index in [0.717, 1.165) is 11.6 Å². The van der Waals surface area contributed by atoms with Crippen LogP contribution in [0.1, 0.15) is 11.1 Å².